The van der Waals surface area contributed by atoms with Gasteiger partial charge in [-0.3, -0.25) is 4.98 Å². The number of hydrogen-bond donors (Lipinski definition) is 0. The van der Waals surface area contributed by atoms with E-state index in [4.69, 9.17) is 4.74 Å². The van der Waals surface area contributed by atoms with Gasteiger partial charge in [0.2, 0.25) is 0 Å². The van der Waals surface area contributed by atoms with Gasteiger partial charge in [0.25, 0.3) is 0 Å². The van der Waals surface area contributed by atoms with Crippen LogP contribution in [0.1, 0.15) is 19.8 Å². The molecule has 0 amide bonds. The Kier molecular flexibility index (Phi) is 5.60. The number of halogens is 1. The summed E-state index contributed by atoms with van der Waals surface area (Å²) < 4.78 is 5.55. The first-order valence-corrected chi connectivity index (χ1v) is 6.04. The van der Waals surface area contributed by atoms with Crippen LogP contribution >= 0.6 is 15.9 Å². The van der Waals surface area contributed by atoms with Crippen LogP contribution in [0, 0.1) is 5.92 Å². The standard InChI is InChI=1S/C11H16BrNO/c1-10(4-6-12)5-8-14-11-3-2-7-13-9-11/h2-3,7,9-10H,4-6,8H2,1H3. The summed E-state index contributed by atoms with van der Waals surface area (Å²) in [6.07, 6.45) is 5.80. The maximum atomic E-state index is 5.55. The van der Waals surface area contributed by atoms with Gasteiger partial charge in [0, 0.05) is 11.5 Å². The minimum atomic E-state index is 0.714. The molecule has 0 aliphatic carbocycles. The molecule has 0 spiro atoms. The van der Waals surface area contributed by atoms with Crippen LogP contribution in [0.5, 0.6) is 5.75 Å². The minimum Gasteiger partial charge on any atom is -0.492 e. The van der Waals surface area contributed by atoms with Crippen molar-refractivity contribution in [3.8, 4) is 5.75 Å². The zero-order chi connectivity index (χ0) is 10.2. The molecule has 0 bridgehead atoms. The lowest BCUT2D eigenvalue weighted by atomic mass is 10.1. The summed E-state index contributed by atoms with van der Waals surface area (Å²) in [5, 5.41) is 1.07. The third-order valence-corrected chi connectivity index (χ3v) is 2.57. The van der Waals surface area contributed by atoms with Crippen molar-refractivity contribution in [3.63, 3.8) is 0 Å². The highest BCUT2D eigenvalue weighted by Gasteiger charge is 2.01. The zero-order valence-corrected chi connectivity index (χ0v) is 10.0. The number of alkyl halides is 1. The Labute approximate surface area is 93.8 Å². The highest BCUT2D eigenvalue weighted by atomic mass is 79.9. The van der Waals surface area contributed by atoms with Crippen LogP contribution in [0.2, 0.25) is 0 Å². The third kappa shape index (κ3) is 4.61. The van der Waals surface area contributed by atoms with Crippen LogP contribution in [0.15, 0.2) is 24.5 Å². The van der Waals surface area contributed by atoms with Gasteiger partial charge in [-0.2, -0.15) is 0 Å². The molecule has 14 heavy (non-hydrogen) atoms. The van der Waals surface area contributed by atoms with Crippen LogP contribution in [0.4, 0.5) is 0 Å². The van der Waals surface area contributed by atoms with E-state index in [0.717, 1.165) is 24.1 Å². The van der Waals surface area contributed by atoms with Crippen molar-refractivity contribution in [2.75, 3.05) is 11.9 Å². The molecule has 1 unspecified atom stereocenters. The smallest absolute Gasteiger partial charge is 0.137 e. The maximum absolute atomic E-state index is 5.55. The summed E-state index contributed by atoms with van der Waals surface area (Å²) in [6.45, 7) is 3.02. The zero-order valence-electron chi connectivity index (χ0n) is 8.45. The van der Waals surface area contributed by atoms with Crippen molar-refractivity contribution in [2.45, 2.75) is 19.8 Å². The lowest BCUT2D eigenvalue weighted by Gasteiger charge is -2.10. The maximum Gasteiger partial charge on any atom is 0.137 e. The molecule has 78 valence electrons. The molecule has 0 radical (unpaired) electrons. The van der Waals surface area contributed by atoms with Gasteiger partial charge >= 0.3 is 0 Å². The molecule has 1 heterocycles. The molecule has 0 aliphatic heterocycles. The van der Waals surface area contributed by atoms with E-state index in [1.807, 2.05) is 12.1 Å². The molecule has 1 atom stereocenters. The van der Waals surface area contributed by atoms with Gasteiger partial charge in [-0.15, -0.1) is 0 Å². The summed E-state index contributed by atoms with van der Waals surface area (Å²) in [6, 6.07) is 3.82. The van der Waals surface area contributed by atoms with Gasteiger partial charge in [0.15, 0.2) is 0 Å². The number of ether oxygens (including phenoxy) is 1. The van der Waals surface area contributed by atoms with Crippen molar-refractivity contribution in [2.24, 2.45) is 5.92 Å². The van der Waals surface area contributed by atoms with Crippen molar-refractivity contribution >= 4 is 15.9 Å². The van der Waals surface area contributed by atoms with Gasteiger partial charge in [0.1, 0.15) is 5.75 Å². The van der Waals surface area contributed by atoms with E-state index in [1.165, 1.54) is 6.42 Å². The van der Waals surface area contributed by atoms with E-state index in [-0.39, 0.29) is 0 Å². The van der Waals surface area contributed by atoms with Crippen LogP contribution in [-0.2, 0) is 0 Å². The normalized spacial score (nSPS) is 12.4. The second-order valence-electron chi connectivity index (χ2n) is 3.41. The molecule has 0 aromatic carbocycles. The molecule has 0 N–H and O–H groups in total. The fourth-order valence-corrected chi connectivity index (χ4v) is 1.92. The molecule has 1 aromatic heterocycles. The SMILES string of the molecule is CC(CCBr)CCOc1cccnc1. The van der Waals surface area contributed by atoms with Crippen LogP contribution in [0.25, 0.3) is 0 Å². The average molecular weight is 258 g/mol. The molecule has 1 aromatic rings. The Morgan fingerprint density at radius 1 is 1.50 bits per heavy atom. The largest absolute Gasteiger partial charge is 0.492 e. The molecule has 3 heteroatoms. The van der Waals surface area contributed by atoms with E-state index in [9.17, 15) is 0 Å². The number of pyridine rings is 1. The van der Waals surface area contributed by atoms with E-state index >= 15 is 0 Å². The molecular formula is C11H16BrNO. The highest BCUT2D eigenvalue weighted by Crippen LogP contribution is 2.11. The molecule has 2 nitrogen and oxygen atoms in total. The van der Waals surface area contributed by atoms with E-state index < -0.39 is 0 Å². The van der Waals surface area contributed by atoms with E-state index in [2.05, 4.69) is 27.8 Å². The number of hydrogen-bond acceptors (Lipinski definition) is 2. The second-order valence-corrected chi connectivity index (χ2v) is 4.20. The fourth-order valence-electron chi connectivity index (χ4n) is 1.14. The molecule has 0 aliphatic rings. The van der Waals surface area contributed by atoms with E-state index in [1.54, 1.807) is 12.4 Å². The lowest BCUT2D eigenvalue weighted by Crippen LogP contribution is -2.04. The second kappa shape index (κ2) is 6.82. The molecule has 0 saturated carbocycles. The number of rotatable bonds is 6. The molecule has 1 rings (SSSR count). The Balaban J connectivity index is 2.16. The summed E-state index contributed by atoms with van der Waals surface area (Å²) in [4.78, 5) is 3.99. The first kappa shape index (κ1) is 11.5. The van der Waals surface area contributed by atoms with Gasteiger partial charge in [-0.25, -0.2) is 0 Å². The topological polar surface area (TPSA) is 22.1 Å². The summed E-state index contributed by atoms with van der Waals surface area (Å²) >= 11 is 3.44. The van der Waals surface area contributed by atoms with Gasteiger partial charge in [-0.1, -0.05) is 22.9 Å². The number of nitrogens with zero attached hydrogens (tertiary/aromatic N) is 1. The predicted molar refractivity (Wildman–Crippen MR) is 61.9 cm³/mol. The number of aromatic nitrogens is 1. The predicted octanol–water partition coefficient (Wildman–Crippen LogP) is 3.27. The fraction of sp³-hybridized carbons (Fsp3) is 0.545. The first-order chi connectivity index (χ1) is 6.83. The van der Waals surface area contributed by atoms with Crippen molar-refractivity contribution in [3.05, 3.63) is 24.5 Å². The van der Waals surface area contributed by atoms with Crippen LogP contribution in [0.3, 0.4) is 0 Å². The summed E-state index contributed by atoms with van der Waals surface area (Å²) in [5.74, 6) is 1.57. The van der Waals surface area contributed by atoms with Crippen LogP contribution in [-0.4, -0.2) is 16.9 Å². The Hall–Kier alpha value is -0.570. The Morgan fingerprint density at radius 2 is 2.36 bits per heavy atom. The van der Waals surface area contributed by atoms with Crippen molar-refractivity contribution in [1.82, 2.24) is 4.98 Å². The first-order valence-electron chi connectivity index (χ1n) is 4.91. The Morgan fingerprint density at radius 3 is 3.00 bits per heavy atom. The van der Waals surface area contributed by atoms with Gasteiger partial charge in [-0.05, 0) is 30.9 Å². The van der Waals surface area contributed by atoms with Crippen LogP contribution < -0.4 is 4.74 Å². The molecule has 0 saturated heterocycles. The monoisotopic (exact) mass is 257 g/mol. The molecule has 0 fully saturated rings. The van der Waals surface area contributed by atoms with Crippen molar-refractivity contribution in [1.29, 1.82) is 0 Å². The average Bonchev–Trinajstić information content (AvgIpc) is 2.20. The van der Waals surface area contributed by atoms with Gasteiger partial charge in [0.05, 0.1) is 12.8 Å². The van der Waals surface area contributed by atoms with Gasteiger partial charge < -0.3 is 4.74 Å². The molecular weight excluding hydrogens is 242 g/mol. The quantitative estimate of drug-likeness (QED) is 0.730. The lowest BCUT2D eigenvalue weighted by molar-refractivity contribution is 0.281. The minimum absolute atomic E-state index is 0.714. The Bertz CT molecular complexity index is 240. The van der Waals surface area contributed by atoms with Crippen molar-refractivity contribution < 1.29 is 4.74 Å². The summed E-state index contributed by atoms with van der Waals surface area (Å²) in [7, 11) is 0. The highest BCUT2D eigenvalue weighted by molar-refractivity contribution is 9.09. The third-order valence-electron chi connectivity index (χ3n) is 2.12. The summed E-state index contributed by atoms with van der Waals surface area (Å²) in [5.41, 5.74) is 0. The van der Waals surface area contributed by atoms with E-state index in [0.29, 0.717) is 5.92 Å².